The summed E-state index contributed by atoms with van der Waals surface area (Å²) in [5.41, 5.74) is 14.2. The van der Waals surface area contributed by atoms with E-state index in [2.05, 4.69) is 20.2 Å². The van der Waals surface area contributed by atoms with E-state index < -0.39 is 0 Å². The van der Waals surface area contributed by atoms with Gasteiger partial charge in [0.1, 0.15) is 17.4 Å². The number of nitrogens with one attached hydrogen (secondary N) is 1. The molecule has 1 aliphatic heterocycles. The maximum Gasteiger partial charge on any atom is 0.191 e. The summed E-state index contributed by atoms with van der Waals surface area (Å²) < 4.78 is 5.18. The Balaban J connectivity index is 0.00000261. The highest BCUT2D eigenvalue weighted by atomic mass is 32.2. The number of hydrogen-bond donors (Lipinski definition) is 3. The SMILES string of the molecule is COc1ccc(Cc2c(N)nc(SCCN3CCNCC3)nc2N)cc1.O. The van der Waals surface area contributed by atoms with E-state index >= 15 is 0 Å². The van der Waals surface area contributed by atoms with Gasteiger partial charge in [-0.3, -0.25) is 4.90 Å². The van der Waals surface area contributed by atoms with Crippen molar-refractivity contribution in [3.05, 3.63) is 35.4 Å². The molecule has 2 aromatic rings. The van der Waals surface area contributed by atoms with Gasteiger partial charge in [0.25, 0.3) is 0 Å². The van der Waals surface area contributed by atoms with Crippen LogP contribution in [0.2, 0.25) is 0 Å². The summed E-state index contributed by atoms with van der Waals surface area (Å²) in [6, 6.07) is 7.83. The number of aromatic nitrogens is 2. The Morgan fingerprint density at radius 3 is 2.33 bits per heavy atom. The standard InChI is InChI=1S/C18H26N6OS.H2O/c1-25-14-4-2-13(3-5-14)12-15-16(19)22-18(23-17(15)20)26-11-10-24-8-6-21-7-9-24;/h2-5,21H,6-12H2,1H3,(H4,19,20,22,23);1H2. The van der Waals surface area contributed by atoms with Gasteiger partial charge in [0, 0.05) is 50.5 Å². The van der Waals surface area contributed by atoms with Crippen molar-refractivity contribution in [1.82, 2.24) is 20.2 Å². The molecule has 1 aliphatic rings. The van der Waals surface area contributed by atoms with Gasteiger partial charge in [-0.15, -0.1) is 0 Å². The number of anilines is 2. The molecule has 2 heterocycles. The van der Waals surface area contributed by atoms with E-state index in [1.165, 1.54) is 0 Å². The van der Waals surface area contributed by atoms with Gasteiger partial charge in [-0.1, -0.05) is 23.9 Å². The first-order valence-corrected chi connectivity index (χ1v) is 9.75. The summed E-state index contributed by atoms with van der Waals surface area (Å²) in [5, 5.41) is 4.00. The Bertz CT molecular complexity index is 699. The highest BCUT2D eigenvalue weighted by molar-refractivity contribution is 7.99. The van der Waals surface area contributed by atoms with Crippen LogP contribution in [0, 0.1) is 0 Å². The van der Waals surface area contributed by atoms with Gasteiger partial charge in [-0.25, -0.2) is 9.97 Å². The molecule has 1 aromatic heterocycles. The highest BCUT2D eigenvalue weighted by Crippen LogP contribution is 2.25. The quantitative estimate of drug-likeness (QED) is 0.456. The molecule has 0 saturated carbocycles. The number of benzene rings is 1. The lowest BCUT2D eigenvalue weighted by Crippen LogP contribution is -2.44. The van der Waals surface area contributed by atoms with Gasteiger partial charge in [0.05, 0.1) is 7.11 Å². The molecule has 0 unspecified atom stereocenters. The summed E-state index contributed by atoms with van der Waals surface area (Å²) in [6.07, 6.45) is 0.605. The monoisotopic (exact) mass is 392 g/mol. The second-order valence-corrected chi connectivity index (χ2v) is 7.28. The molecule has 0 atom stereocenters. The maximum atomic E-state index is 6.15. The van der Waals surface area contributed by atoms with Crippen LogP contribution in [0.5, 0.6) is 5.75 Å². The second-order valence-electron chi connectivity index (χ2n) is 6.22. The van der Waals surface area contributed by atoms with Crippen molar-refractivity contribution in [2.75, 3.05) is 57.1 Å². The molecular formula is C18H28N6O2S. The van der Waals surface area contributed by atoms with Crippen LogP contribution in [0.4, 0.5) is 11.6 Å². The molecule has 9 heteroatoms. The van der Waals surface area contributed by atoms with E-state index in [1.54, 1.807) is 18.9 Å². The number of ether oxygens (including phenoxy) is 1. The first kappa shape index (κ1) is 21.2. The van der Waals surface area contributed by atoms with Crippen LogP contribution in [0.1, 0.15) is 11.1 Å². The summed E-state index contributed by atoms with van der Waals surface area (Å²) in [7, 11) is 1.65. The summed E-state index contributed by atoms with van der Waals surface area (Å²) >= 11 is 1.60. The maximum absolute atomic E-state index is 6.15. The molecule has 0 radical (unpaired) electrons. The van der Waals surface area contributed by atoms with E-state index in [1.807, 2.05) is 24.3 Å². The Kier molecular flexibility index (Phi) is 8.11. The number of piperazine rings is 1. The van der Waals surface area contributed by atoms with Crippen molar-refractivity contribution < 1.29 is 10.2 Å². The molecule has 7 N–H and O–H groups in total. The molecule has 0 amide bonds. The van der Waals surface area contributed by atoms with Crippen LogP contribution < -0.4 is 21.5 Å². The normalized spacial score (nSPS) is 14.6. The van der Waals surface area contributed by atoms with Crippen LogP contribution in [0.25, 0.3) is 0 Å². The number of nitrogen functional groups attached to an aromatic ring is 2. The minimum Gasteiger partial charge on any atom is -0.497 e. The fourth-order valence-electron chi connectivity index (χ4n) is 2.89. The van der Waals surface area contributed by atoms with Gasteiger partial charge in [-0.05, 0) is 17.7 Å². The fraction of sp³-hybridized carbons (Fsp3) is 0.444. The lowest BCUT2D eigenvalue weighted by Gasteiger charge is -2.26. The number of nitrogens with zero attached hydrogens (tertiary/aromatic N) is 3. The largest absolute Gasteiger partial charge is 0.497 e. The van der Waals surface area contributed by atoms with E-state index in [9.17, 15) is 0 Å². The smallest absolute Gasteiger partial charge is 0.191 e. The number of rotatable bonds is 7. The van der Waals surface area contributed by atoms with Crippen molar-refractivity contribution in [3.63, 3.8) is 0 Å². The average Bonchev–Trinajstić information content (AvgIpc) is 2.66. The lowest BCUT2D eigenvalue weighted by molar-refractivity contribution is 0.255. The summed E-state index contributed by atoms with van der Waals surface area (Å²) in [6.45, 7) is 5.31. The van der Waals surface area contributed by atoms with Crippen LogP contribution in [-0.4, -0.2) is 65.9 Å². The Morgan fingerprint density at radius 2 is 1.74 bits per heavy atom. The first-order valence-electron chi connectivity index (χ1n) is 8.76. The molecule has 1 aromatic carbocycles. The number of hydrogen-bond acceptors (Lipinski definition) is 8. The van der Waals surface area contributed by atoms with Gasteiger partial charge in [0.15, 0.2) is 5.16 Å². The van der Waals surface area contributed by atoms with Crippen molar-refractivity contribution in [2.24, 2.45) is 0 Å². The first-order chi connectivity index (χ1) is 12.7. The Morgan fingerprint density at radius 1 is 1.11 bits per heavy atom. The zero-order valence-corrected chi connectivity index (χ0v) is 16.4. The Labute approximate surface area is 164 Å². The Hall–Kier alpha value is -2.07. The van der Waals surface area contributed by atoms with Gasteiger partial charge >= 0.3 is 0 Å². The van der Waals surface area contributed by atoms with E-state index in [0.29, 0.717) is 23.2 Å². The van der Waals surface area contributed by atoms with Crippen LogP contribution >= 0.6 is 11.8 Å². The fourth-order valence-corrected chi connectivity index (χ4v) is 3.75. The third-order valence-corrected chi connectivity index (χ3v) is 5.27. The van der Waals surface area contributed by atoms with Gasteiger partial charge in [0.2, 0.25) is 0 Å². The molecule has 1 fully saturated rings. The molecule has 0 aliphatic carbocycles. The summed E-state index contributed by atoms with van der Waals surface area (Å²) in [4.78, 5) is 11.3. The van der Waals surface area contributed by atoms with Gasteiger partial charge < -0.3 is 27.0 Å². The third-order valence-electron chi connectivity index (χ3n) is 4.44. The summed E-state index contributed by atoms with van der Waals surface area (Å²) in [5.74, 6) is 2.66. The minimum absolute atomic E-state index is 0. The van der Waals surface area contributed by atoms with Crippen LogP contribution in [0.15, 0.2) is 29.4 Å². The zero-order chi connectivity index (χ0) is 18.4. The molecule has 27 heavy (non-hydrogen) atoms. The van der Waals surface area contributed by atoms with Gasteiger partial charge in [-0.2, -0.15) is 0 Å². The van der Waals surface area contributed by atoms with Crippen molar-refractivity contribution in [1.29, 1.82) is 0 Å². The minimum atomic E-state index is 0. The van der Waals surface area contributed by atoms with E-state index in [4.69, 9.17) is 16.2 Å². The zero-order valence-electron chi connectivity index (χ0n) is 15.6. The van der Waals surface area contributed by atoms with Crippen molar-refractivity contribution >= 4 is 23.4 Å². The number of nitrogens with two attached hydrogens (primary N) is 2. The molecular weight excluding hydrogens is 364 g/mol. The number of methoxy groups -OCH3 is 1. The topological polar surface area (TPSA) is 134 Å². The predicted molar refractivity (Wildman–Crippen MR) is 110 cm³/mol. The molecule has 0 spiro atoms. The van der Waals surface area contributed by atoms with E-state index in [-0.39, 0.29) is 5.48 Å². The molecule has 0 bridgehead atoms. The molecule has 8 nitrogen and oxygen atoms in total. The van der Waals surface area contributed by atoms with Crippen molar-refractivity contribution in [3.8, 4) is 5.75 Å². The highest BCUT2D eigenvalue weighted by Gasteiger charge is 2.13. The van der Waals surface area contributed by atoms with Crippen molar-refractivity contribution in [2.45, 2.75) is 11.6 Å². The third kappa shape index (κ3) is 5.96. The van der Waals surface area contributed by atoms with Crippen LogP contribution in [0.3, 0.4) is 0 Å². The van der Waals surface area contributed by atoms with Crippen LogP contribution in [-0.2, 0) is 6.42 Å². The molecule has 148 valence electrons. The predicted octanol–water partition coefficient (Wildman–Crippen LogP) is 0.413. The second kappa shape index (κ2) is 10.3. The number of thioether (sulfide) groups is 1. The lowest BCUT2D eigenvalue weighted by atomic mass is 10.1. The van der Waals surface area contributed by atoms with E-state index in [0.717, 1.165) is 55.4 Å². The average molecular weight is 393 g/mol. The molecule has 3 rings (SSSR count). The molecule has 1 saturated heterocycles.